The van der Waals surface area contributed by atoms with Crippen LogP contribution in [0.25, 0.3) is 0 Å². The zero-order valence-corrected chi connectivity index (χ0v) is 20.1. The Balaban J connectivity index is 1.55. The molecule has 5 nitrogen and oxygen atoms in total. The zero-order chi connectivity index (χ0) is 24.6. The molecule has 2 aromatic rings. The molecule has 2 fully saturated rings. The third-order valence-electron chi connectivity index (χ3n) is 8.59. The van der Waals surface area contributed by atoms with Gasteiger partial charge in [-0.1, -0.05) is 20.3 Å². The van der Waals surface area contributed by atoms with Gasteiger partial charge in [-0.2, -0.15) is 13.2 Å². The number of hydrogen-bond donors (Lipinski definition) is 1. The summed E-state index contributed by atoms with van der Waals surface area (Å²) in [6.45, 7) is 5.22. The molecule has 4 heterocycles. The van der Waals surface area contributed by atoms with Gasteiger partial charge in [-0.3, -0.25) is 9.97 Å². The fraction of sp³-hybridized carbons (Fsp3) is 0.630. The number of alkyl halides is 3. The first-order valence-corrected chi connectivity index (χ1v) is 12.7. The predicted octanol–water partition coefficient (Wildman–Crippen LogP) is 5.89. The largest absolute Gasteiger partial charge is 0.417 e. The first-order chi connectivity index (χ1) is 16.6. The second-order valence-electron chi connectivity index (χ2n) is 11.1. The summed E-state index contributed by atoms with van der Waals surface area (Å²) in [6, 6.07) is 2.48. The number of ether oxygens (including phenoxy) is 2. The highest BCUT2D eigenvalue weighted by atomic mass is 19.4. The van der Waals surface area contributed by atoms with Gasteiger partial charge in [0.15, 0.2) is 0 Å². The van der Waals surface area contributed by atoms with Crippen LogP contribution < -0.4 is 0 Å². The smallest absolute Gasteiger partial charge is 0.388 e. The van der Waals surface area contributed by atoms with Crippen LogP contribution in [0.1, 0.15) is 110 Å². The molecule has 2 unspecified atom stereocenters. The summed E-state index contributed by atoms with van der Waals surface area (Å²) in [5.74, 6) is 0.0843. The molecule has 2 aliphatic carbocycles. The van der Waals surface area contributed by atoms with E-state index in [1.165, 1.54) is 12.5 Å². The Morgan fingerprint density at radius 3 is 2.40 bits per heavy atom. The van der Waals surface area contributed by atoms with E-state index in [0.29, 0.717) is 31.7 Å². The van der Waals surface area contributed by atoms with Crippen molar-refractivity contribution in [2.24, 2.45) is 5.41 Å². The average Bonchev–Trinajstić information content (AvgIpc) is 3.11. The van der Waals surface area contributed by atoms with E-state index in [4.69, 9.17) is 14.5 Å². The first kappa shape index (κ1) is 23.4. The number of rotatable bonds is 2. The monoisotopic (exact) mass is 488 g/mol. The molecule has 2 atom stereocenters. The molecule has 0 radical (unpaired) electrons. The van der Waals surface area contributed by atoms with Crippen LogP contribution in [0, 0.1) is 5.41 Å². The van der Waals surface area contributed by atoms with Gasteiger partial charge in [0.1, 0.15) is 6.10 Å². The molecule has 4 aliphatic rings. The van der Waals surface area contributed by atoms with Crippen LogP contribution in [0.15, 0.2) is 18.3 Å². The molecule has 0 amide bonds. The summed E-state index contributed by atoms with van der Waals surface area (Å²) < 4.78 is 52.1. The molecule has 1 saturated carbocycles. The van der Waals surface area contributed by atoms with Gasteiger partial charge in [0.05, 0.1) is 23.0 Å². The van der Waals surface area contributed by atoms with E-state index in [1.807, 2.05) is 0 Å². The maximum absolute atomic E-state index is 13.2. The highest BCUT2D eigenvalue weighted by Gasteiger charge is 2.54. The minimum absolute atomic E-state index is 0.0843. The predicted molar refractivity (Wildman–Crippen MR) is 122 cm³/mol. The van der Waals surface area contributed by atoms with Gasteiger partial charge in [0.2, 0.25) is 0 Å². The van der Waals surface area contributed by atoms with Gasteiger partial charge in [-0.15, -0.1) is 0 Å². The maximum atomic E-state index is 13.2. The Labute approximate surface area is 203 Å². The minimum atomic E-state index is -4.45. The number of aromatic nitrogens is 2. The second-order valence-corrected chi connectivity index (χ2v) is 11.1. The van der Waals surface area contributed by atoms with Crippen LogP contribution in [0.3, 0.4) is 0 Å². The van der Waals surface area contributed by atoms with Gasteiger partial charge >= 0.3 is 6.18 Å². The number of aliphatic hydroxyl groups is 1. The van der Waals surface area contributed by atoms with E-state index in [1.54, 1.807) is 0 Å². The molecule has 2 spiro atoms. The highest BCUT2D eigenvalue weighted by Crippen LogP contribution is 2.60. The molecule has 0 aromatic carbocycles. The van der Waals surface area contributed by atoms with Gasteiger partial charge in [0.25, 0.3) is 0 Å². The van der Waals surface area contributed by atoms with E-state index in [9.17, 15) is 18.3 Å². The van der Waals surface area contributed by atoms with Crippen molar-refractivity contribution >= 4 is 0 Å². The van der Waals surface area contributed by atoms with Gasteiger partial charge in [-0.05, 0) is 54.7 Å². The molecule has 1 saturated heterocycles. The number of pyridine rings is 2. The molecule has 188 valence electrons. The van der Waals surface area contributed by atoms with Crippen molar-refractivity contribution in [1.29, 1.82) is 0 Å². The topological polar surface area (TPSA) is 64.5 Å². The number of halogens is 3. The third-order valence-corrected chi connectivity index (χ3v) is 8.59. The first-order valence-electron chi connectivity index (χ1n) is 12.7. The van der Waals surface area contributed by atoms with Crippen LogP contribution in [0.4, 0.5) is 13.2 Å². The Hall–Kier alpha value is -2.03. The minimum Gasteiger partial charge on any atom is -0.388 e. The van der Waals surface area contributed by atoms with Gasteiger partial charge < -0.3 is 14.6 Å². The van der Waals surface area contributed by atoms with Gasteiger partial charge in [-0.25, -0.2) is 0 Å². The van der Waals surface area contributed by atoms with Crippen molar-refractivity contribution in [2.45, 2.75) is 88.7 Å². The number of aliphatic hydroxyl groups excluding tert-OH is 1. The lowest BCUT2D eigenvalue weighted by molar-refractivity contribution is -0.138. The lowest BCUT2D eigenvalue weighted by Crippen LogP contribution is -2.40. The van der Waals surface area contributed by atoms with E-state index >= 15 is 0 Å². The van der Waals surface area contributed by atoms with Crippen LogP contribution in [0.2, 0.25) is 0 Å². The number of nitrogens with zero attached hydrogens (tertiary/aromatic N) is 2. The van der Waals surface area contributed by atoms with Crippen LogP contribution in [-0.2, 0) is 27.7 Å². The van der Waals surface area contributed by atoms with E-state index in [-0.39, 0.29) is 11.3 Å². The summed E-state index contributed by atoms with van der Waals surface area (Å²) in [4.78, 5) is 9.36. The summed E-state index contributed by atoms with van der Waals surface area (Å²) >= 11 is 0. The fourth-order valence-corrected chi connectivity index (χ4v) is 6.72. The molecule has 8 heteroatoms. The van der Waals surface area contributed by atoms with Crippen molar-refractivity contribution in [3.8, 4) is 0 Å². The Kier molecular flexibility index (Phi) is 5.33. The molecule has 0 bridgehead atoms. The van der Waals surface area contributed by atoms with Crippen molar-refractivity contribution in [2.75, 3.05) is 13.2 Å². The lowest BCUT2D eigenvalue weighted by atomic mass is 9.58. The van der Waals surface area contributed by atoms with Crippen molar-refractivity contribution in [1.82, 2.24) is 9.97 Å². The zero-order valence-electron chi connectivity index (χ0n) is 20.1. The molecule has 6 rings (SSSR count). The summed E-state index contributed by atoms with van der Waals surface area (Å²) in [5.41, 5.74) is 3.78. The number of hydrogen-bond acceptors (Lipinski definition) is 5. The SMILES string of the molecule is CC(C)c1nc2c(c3c1C(c1ccc(C(F)(F)F)cn1)OC31CCOCC1)C(O)CC1(CCC1)C2. The van der Waals surface area contributed by atoms with E-state index in [0.717, 1.165) is 66.0 Å². The Morgan fingerprint density at radius 2 is 1.83 bits per heavy atom. The quantitative estimate of drug-likeness (QED) is 0.571. The van der Waals surface area contributed by atoms with E-state index < -0.39 is 29.5 Å². The standard InChI is InChI=1S/C27H31F3N2O3/c1-15(2)23-21-22(20-18(32-23)12-25(6-3-7-25)13-19(20)33)26(8-10-34-11-9-26)35-24(21)17-5-4-16(14-31-17)27(28,29)30/h4-5,14-15,19,24,33H,3,6-13H2,1-2H3. The summed E-state index contributed by atoms with van der Waals surface area (Å²) in [5, 5.41) is 11.5. The molecular formula is C27H31F3N2O3. The lowest BCUT2D eigenvalue weighted by Gasteiger charge is -2.48. The average molecular weight is 489 g/mol. The van der Waals surface area contributed by atoms with Crippen molar-refractivity contribution < 1.29 is 27.8 Å². The number of fused-ring (bicyclic) bond motifs is 4. The third kappa shape index (κ3) is 3.63. The van der Waals surface area contributed by atoms with Crippen LogP contribution in [0.5, 0.6) is 0 Å². The molecular weight excluding hydrogens is 457 g/mol. The summed E-state index contributed by atoms with van der Waals surface area (Å²) in [7, 11) is 0. The summed E-state index contributed by atoms with van der Waals surface area (Å²) in [6.07, 6.45) is 1.45. The van der Waals surface area contributed by atoms with Crippen molar-refractivity contribution in [3.63, 3.8) is 0 Å². The fourth-order valence-electron chi connectivity index (χ4n) is 6.72. The molecule has 35 heavy (non-hydrogen) atoms. The highest BCUT2D eigenvalue weighted by molar-refractivity contribution is 5.54. The van der Waals surface area contributed by atoms with E-state index in [2.05, 4.69) is 18.8 Å². The Morgan fingerprint density at radius 1 is 1.09 bits per heavy atom. The van der Waals surface area contributed by atoms with Crippen LogP contribution in [-0.4, -0.2) is 28.3 Å². The molecule has 2 aromatic heterocycles. The van der Waals surface area contributed by atoms with Gasteiger partial charge in [0, 0.05) is 54.8 Å². The Bertz CT molecular complexity index is 1140. The molecule has 1 N–H and O–H groups in total. The maximum Gasteiger partial charge on any atom is 0.417 e. The molecule has 2 aliphatic heterocycles. The second kappa shape index (κ2) is 7.98. The normalized spacial score (nSPS) is 26.6. The van der Waals surface area contributed by atoms with Crippen molar-refractivity contribution in [3.05, 3.63) is 57.7 Å². The van der Waals surface area contributed by atoms with Crippen LogP contribution >= 0.6 is 0 Å².